The molecule has 1 aromatic heterocycles. The molecule has 0 unspecified atom stereocenters. The van der Waals surface area contributed by atoms with Crippen molar-refractivity contribution in [3.8, 4) is 0 Å². The highest BCUT2D eigenvalue weighted by Gasteiger charge is 2.23. The van der Waals surface area contributed by atoms with Crippen LogP contribution < -0.4 is 16.0 Å². The summed E-state index contributed by atoms with van der Waals surface area (Å²) < 4.78 is 0. The van der Waals surface area contributed by atoms with E-state index in [4.69, 9.17) is 5.73 Å². The van der Waals surface area contributed by atoms with Crippen molar-refractivity contribution in [1.82, 2.24) is 10.3 Å². The van der Waals surface area contributed by atoms with E-state index in [1.54, 1.807) is 6.20 Å². The third-order valence-corrected chi connectivity index (χ3v) is 3.21. The van der Waals surface area contributed by atoms with Crippen LogP contribution in [0.1, 0.15) is 33.1 Å². The van der Waals surface area contributed by atoms with Gasteiger partial charge in [0.05, 0.1) is 11.9 Å². The highest BCUT2D eigenvalue weighted by Crippen LogP contribution is 2.19. The molecule has 1 heterocycles. The van der Waals surface area contributed by atoms with E-state index in [0.717, 1.165) is 18.7 Å². The zero-order valence-corrected chi connectivity index (χ0v) is 11.6. The Kier molecular flexibility index (Phi) is 4.24. The Hall–Kier alpha value is -1.78. The van der Waals surface area contributed by atoms with E-state index in [2.05, 4.69) is 29.0 Å². The minimum absolute atomic E-state index is 0.128. The first-order chi connectivity index (χ1) is 9.06. The topological polar surface area (TPSA) is 71.2 Å². The first kappa shape index (κ1) is 13.6. The lowest BCUT2D eigenvalue weighted by atomic mass is 10.2. The third kappa shape index (κ3) is 4.12. The minimum atomic E-state index is 0.128. The molecular weight excluding hydrogens is 240 g/mol. The summed E-state index contributed by atoms with van der Waals surface area (Å²) in [6.07, 6.45) is 4.40. The van der Waals surface area contributed by atoms with Crippen molar-refractivity contribution in [3.63, 3.8) is 0 Å². The minimum Gasteiger partial charge on any atom is -0.397 e. The first-order valence-corrected chi connectivity index (χ1v) is 6.84. The van der Waals surface area contributed by atoms with Gasteiger partial charge in [0.25, 0.3) is 0 Å². The van der Waals surface area contributed by atoms with Gasteiger partial charge in [0.1, 0.15) is 5.82 Å². The van der Waals surface area contributed by atoms with Gasteiger partial charge in [-0.15, -0.1) is 0 Å². The summed E-state index contributed by atoms with van der Waals surface area (Å²) in [4.78, 5) is 18.2. The molecule has 5 nitrogen and oxygen atoms in total. The number of anilines is 2. The molecule has 5 heteroatoms. The van der Waals surface area contributed by atoms with Gasteiger partial charge in [-0.1, -0.05) is 0 Å². The number of hydrogen-bond donors (Lipinski definition) is 2. The molecule has 1 aliphatic carbocycles. The second-order valence-corrected chi connectivity index (χ2v) is 5.33. The predicted octanol–water partition coefficient (Wildman–Crippen LogP) is 1.55. The number of nitrogens with two attached hydrogens (primary N) is 1. The van der Waals surface area contributed by atoms with Crippen LogP contribution in [-0.2, 0) is 4.79 Å². The Morgan fingerprint density at radius 2 is 2.26 bits per heavy atom. The van der Waals surface area contributed by atoms with Crippen molar-refractivity contribution in [2.24, 2.45) is 0 Å². The highest BCUT2D eigenvalue weighted by molar-refractivity contribution is 5.77. The van der Waals surface area contributed by atoms with Gasteiger partial charge in [-0.25, -0.2) is 4.98 Å². The molecule has 1 amide bonds. The quantitative estimate of drug-likeness (QED) is 0.816. The Balaban J connectivity index is 1.91. The lowest BCUT2D eigenvalue weighted by molar-refractivity contribution is -0.121. The molecule has 1 aromatic rings. The van der Waals surface area contributed by atoms with Gasteiger partial charge < -0.3 is 16.0 Å². The molecule has 0 saturated heterocycles. The number of rotatable bonds is 6. The second-order valence-electron chi connectivity index (χ2n) is 5.33. The maximum atomic E-state index is 11.7. The number of pyridine rings is 1. The van der Waals surface area contributed by atoms with Crippen LogP contribution in [0.5, 0.6) is 0 Å². The number of nitrogen functional groups attached to an aromatic ring is 1. The molecule has 0 atom stereocenters. The van der Waals surface area contributed by atoms with Gasteiger partial charge >= 0.3 is 0 Å². The fourth-order valence-corrected chi connectivity index (χ4v) is 1.95. The molecule has 1 fully saturated rings. The molecule has 0 aromatic carbocycles. The Morgan fingerprint density at radius 3 is 2.79 bits per heavy atom. The molecule has 0 spiro atoms. The Labute approximate surface area is 114 Å². The molecule has 104 valence electrons. The van der Waals surface area contributed by atoms with E-state index in [1.807, 2.05) is 12.1 Å². The van der Waals surface area contributed by atoms with Gasteiger partial charge in [-0.2, -0.15) is 0 Å². The number of nitrogens with one attached hydrogen (secondary N) is 1. The van der Waals surface area contributed by atoms with Gasteiger partial charge in [0.2, 0.25) is 5.91 Å². The van der Waals surface area contributed by atoms with Crippen LogP contribution in [0.15, 0.2) is 18.3 Å². The molecule has 3 N–H and O–H groups in total. The standard InChI is InChI=1S/C14H22N4O/c1-10(2)18(13-6-3-11(15)9-16-13)8-7-14(19)17-12-4-5-12/h3,6,9-10,12H,4-5,7-8,15H2,1-2H3,(H,17,19). The van der Waals surface area contributed by atoms with Crippen LogP contribution in [0.25, 0.3) is 0 Å². The van der Waals surface area contributed by atoms with Crippen LogP contribution in [0.2, 0.25) is 0 Å². The van der Waals surface area contributed by atoms with Crippen molar-refractivity contribution in [2.75, 3.05) is 17.2 Å². The number of carbonyl (C=O) groups is 1. The summed E-state index contributed by atoms with van der Waals surface area (Å²) in [6.45, 7) is 4.86. The van der Waals surface area contributed by atoms with E-state index < -0.39 is 0 Å². The zero-order valence-electron chi connectivity index (χ0n) is 11.6. The molecule has 1 saturated carbocycles. The summed E-state index contributed by atoms with van der Waals surface area (Å²) in [5, 5.41) is 3.00. The molecule has 0 radical (unpaired) electrons. The summed E-state index contributed by atoms with van der Waals surface area (Å²) in [6, 6.07) is 4.45. The zero-order chi connectivity index (χ0) is 13.8. The summed E-state index contributed by atoms with van der Waals surface area (Å²) >= 11 is 0. The van der Waals surface area contributed by atoms with Crippen molar-refractivity contribution in [3.05, 3.63) is 18.3 Å². The van der Waals surface area contributed by atoms with Gasteiger partial charge in [0, 0.05) is 25.0 Å². The fourth-order valence-electron chi connectivity index (χ4n) is 1.95. The molecular formula is C14H22N4O. The third-order valence-electron chi connectivity index (χ3n) is 3.21. The largest absolute Gasteiger partial charge is 0.397 e. The lowest BCUT2D eigenvalue weighted by Crippen LogP contribution is -2.36. The van der Waals surface area contributed by atoms with Crippen LogP contribution in [0, 0.1) is 0 Å². The fraction of sp³-hybridized carbons (Fsp3) is 0.571. The number of amides is 1. The van der Waals surface area contributed by atoms with E-state index in [9.17, 15) is 4.79 Å². The van der Waals surface area contributed by atoms with Crippen LogP contribution in [-0.4, -0.2) is 29.5 Å². The average Bonchev–Trinajstić information content (AvgIpc) is 3.15. The molecule has 0 bridgehead atoms. The monoisotopic (exact) mass is 262 g/mol. The Bertz CT molecular complexity index is 426. The van der Waals surface area contributed by atoms with Crippen LogP contribution in [0.3, 0.4) is 0 Å². The second kappa shape index (κ2) is 5.91. The first-order valence-electron chi connectivity index (χ1n) is 6.84. The molecule has 1 aliphatic rings. The van der Waals surface area contributed by atoms with E-state index in [-0.39, 0.29) is 5.91 Å². The Morgan fingerprint density at radius 1 is 1.53 bits per heavy atom. The lowest BCUT2D eigenvalue weighted by Gasteiger charge is -2.27. The van der Waals surface area contributed by atoms with Crippen molar-refractivity contribution in [2.45, 2.75) is 45.2 Å². The number of carbonyl (C=O) groups excluding carboxylic acids is 1. The smallest absolute Gasteiger partial charge is 0.221 e. The summed E-state index contributed by atoms with van der Waals surface area (Å²) in [5.41, 5.74) is 6.29. The summed E-state index contributed by atoms with van der Waals surface area (Å²) in [7, 11) is 0. The number of hydrogen-bond acceptors (Lipinski definition) is 4. The SMILES string of the molecule is CC(C)N(CCC(=O)NC1CC1)c1ccc(N)cn1. The highest BCUT2D eigenvalue weighted by atomic mass is 16.1. The molecule has 19 heavy (non-hydrogen) atoms. The molecule has 0 aliphatic heterocycles. The summed E-state index contributed by atoms with van der Waals surface area (Å²) in [5.74, 6) is 0.993. The van der Waals surface area contributed by atoms with Crippen molar-refractivity contribution < 1.29 is 4.79 Å². The number of nitrogens with zero attached hydrogens (tertiary/aromatic N) is 2. The maximum Gasteiger partial charge on any atom is 0.221 e. The van der Waals surface area contributed by atoms with Crippen molar-refractivity contribution in [1.29, 1.82) is 0 Å². The van der Waals surface area contributed by atoms with Gasteiger partial charge in [0.15, 0.2) is 0 Å². The van der Waals surface area contributed by atoms with Crippen LogP contribution in [0.4, 0.5) is 11.5 Å². The van der Waals surface area contributed by atoms with Gasteiger partial charge in [-0.05, 0) is 38.8 Å². The van der Waals surface area contributed by atoms with Crippen molar-refractivity contribution >= 4 is 17.4 Å². The van der Waals surface area contributed by atoms with E-state index in [1.165, 1.54) is 0 Å². The van der Waals surface area contributed by atoms with Gasteiger partial charge in [-0.3, -0.25) is 4.79 Å². The number of aromatic nitrogens is 1. The van der Waals surface area contributed by atoms with Crippen LogP contribution >= 0.6 is 0 Å². The normalized spacial score (nSPS) is 14.5. The maximum absolute atomic E-state index is 11.7. The predicted molar refractivity (Wildman–Crippen MR) is 76.9 cm³/mol. The van der Waals surface area contributed by atoms with E-state index >= 15 is 0 Å². The average molecular weight is 262 g/mol. The van der Waals surface area contributed by atoms with E-state index in [0.29, 0.717) is 30.7 Å². The molecule has 2 rings (SSSR count).